The van der Waals surface area contributed by atoms with Crippen molar-refractivity contribution >= 4 is 40.3 Å². The van der Waals surface area contributed by atoms with Crippen molar-refractivity contribution < 1.29 is 23.5 Å². The number of aryl methyl sites for hydroxylation is 1. The zero-order valence-electron chi connectivity index (χ0n) is 20.6. The molecule has 2 heterocycles. The molecule has 11 nitrogen and oxygen atoms in total. The van der Waals surface area contributed by atoms with Crippen molar-refractivity contribution in [1.29, 1.82) is 0 Å². The first-order chi connectivity index (χ1) is 16.9. The molecule has 0 bridgehead atoms. The van der Waals surface area contributed by atoms with Gasteiger partial charge in [-0.2, -0.15) is 0 Å². The first-order valence-corrected chi connectivity index (χ1v) is 11.8. The van der Waals surface area contributed by atoms with Crippen LogP contribution in [-0.2, 0) is 24.9 Å². The number of carbonyl (C=O) groups is 3. The molecule has 0 aliphatic heterocycles. The molecule has 0 aliphatic rings. The van der Waals surface area contributed by atoms with Gasteiger partial charge in [-0.05, 0) is 38.5 Å². The molecule has 3 N–H and O–H groups in total. The maximum Gasteiger partial charge on any atom is 0.413 e. The summed E-state index contributed by atoms with van der Waals surface area (Å²) >= 11 is 1.21. The lowest BCUT2D eigenvalue weighted by atomic mass is 10.2. The van der Waals surface area contributed by atoms with Crippen molar-refractivity contribution in [3.05, 3.63) is 58.7 Å². The molecule has 0 fully saturated rings. The number of rotatable bonds is 7. The lowest BCUT2D eigenvalue weighted by Crippen LogP contribution is -2.29. The largest absolute Gasteiger partial charge is 0.444 e. The van der Waals surface area contributed by atoms with Crippen LogP contribution in [0.5, 0.6) is 0 Å². The molecule has 0 unspecified atom stereocenters. The van der Waals surface area contributed by atoms with Crippen molar-refractivity contribution in [2.24, 2.45) is 7.05 Å². The number of anilines is 2. The molecule has 0 atom stereocenters. The second-order valence-electron chi connectivity index (χ2n) is 8.93. The van der Waals surface area contributed by atoms with Crippen LogP contribution in [0.3, 0.4) is 0 Å². The third-order valence-corrected chi connectivity index (χ3v) is 5.36. The number of hydrogen-bond acceptors (Lipinski definition) is 7. The van der Waals surface area contributed by atoms with Gasteiger partial charge in [-0.15, -0.1) is 11.3 Å². The van der Waals surface area contributed by atoms with E-state index in [4.69, 9.17) is 4.74 Å². The number of hydrogen-bond donors (Lipinski definition) is 3. The summed E-state index contributed by atoms with van der Waals surface area (Å²) < 4.78 is 19.9. The van der Waals surface area contributed by atoms with Gasteiger partial charge in [0.1, 0.15) is 11.4 Å². The number of carbonyl (C=O) groups excluding carboxylic acids is 3. The summed E-state index contributed by atoms with van der Waals surface area (Å²) in [6.45, 7) is 5.56. The van der Waals surface area contributed by atoms with E-state index in [-0.39, 0.29) is 36.5 Å². The lowest BCUT2D eigenvalue weighted by Gasteiger charge is -2.19. The van der Waals surface area contributed by atoms with Crippen molar-refractivity contribution in [1.82, 2.24) is 24.8 Å². The average molecular weight is 518 g/mol. The minimum atomic E-state index is -0.671. The molecule has 4 amide bonds. The standard InChI is InChI=1S/C23H28FN7O4S/c1-23(2,3)35-22(34)28-17-12-30(4)18(27-17)19(32)31(5)11-16-13-36-21(26-16)29-20(33)25-10-14-7-6-8-15(24)9-14/h6-9,12-13H,10-11H2,1-5H3,(H,28,34)(H2,25,26,29,33). The van der Waals surface area contributed by atoms with Gasteiger partial charge in [-0.3, -0.25) is 15.4 Å². The van der Waals surface area contributed by atoms with Gasteiger partial charge < -0.3 is 19.5 Å². The SMILES string of the molecule is CN(Cc1csc(NC(=O)NCc2cccc(F)c2)n1)C(=O)c1nc(NC(=O)OC(C)(C)C)cn1C. The molecule has 0 saturated carbocycles. The first-order valence-electron chi connectivity index (χ1n) is 10.9. The van der Waals surface area contributed by atoms with Crippen LogP contribution in [0.1, 0.15) is 42.6 Å². The van der Waals surface area contributed by atoms with Crippen LogP contribution in [0, 0.1) is 5.82 Å². The molecule has 0 aliphatic carbocycles. The number of nitrogens with one attached hydrogen (secondary N) is 3. The molecule has 3 rings (SSSR count). The maximum atomic E-state index is 13.2. The third kappa shape index (κ3) is 7.77. The van der Waals surface area contributed by atoms with Crippen LogP contribution in [0.25, 0.3) is 0 Å². The van der Waals surface area contributed by atoms with Gasteiger partial charge in [0.05, 0.1) is 12.2 Å². The summed E-state index contributed by atoms with van der Waals surface area (Å²) in [6.07, 6.45) is 0.841. The van der Waals surface area contributed by atoms with Gasteiger partial charge in [0.15, 0.2) is 10.9 Å². The second-order valence-corrected chi connectivity index (χ2v) is 9.79. The topological polar surface area (TPSA) is 130 Å². The third-order valence-electron chi connectivity index (χ3n) is 4.56. The van der Waals surface area contributed by atoms with E-state index in [2.05, 4.69) is 25.9 Å². The number of imidazole rings is 1. The Hall–Kier alpha value is -4.00. The molecule has 2 aromatic heterocycles. The lowest BCUT2D eigenvalue weighted by molar-refractivity contribution is 0.0634. The minimum absolute atomic E-state index is 0.119. The molecule has 0 spiro atoms. The maximum absolute atomic E-state index is 13.2. The van der Waals surface area contributed by atoms with E-state index in [1.54, 1.807) is 52.4 Å². The smallest absolute Gasteiger partial charge is 0.413 e. The van der Waals surface area contributed by atoms with Crippen molar-refractivity contribution in [3.8, 4) is 0 Å². The summed E-state index contributed by atoms with van der Waals surface area (Å²) in [5, 5.41) is 9.84. The second kappa shape index (κ2) is 11.2. The number of urea groups is 1. The summed E-state index contributed by atoms with van der Waals surface area (Å²) in [6, 6.07) is 5.46. The molecular formula is C23H28FN7O4S. The van der Waals surface area contributed by atoms with Crippen molar-refractivity contribution in [3.63, 3.8) is 0 Å². The summed E-state index contributed by atoms with van der Waals surface area (Å²) in [7, 11) is 3.23. The van der Waals surface area contributed by atoms with Crippen LogP contribution in [0.15, 0.2) is 35.8 Å². The van der Waals surface area contributed by atoms with E-state index >= 15 is 0 Å². The van der Waals surface area contributed by atoms with Gasteiger partial charge in [0, 0.05) is 32.2 Å². The first kappa shape index (κ1) is 26.6. The zero-order chi connectivity index (χ0) is 26.5. The average Bonchev–Trinajstić information content (AvgIpc) is 3.35. The van der Waals surface area contributed by atoms with Gasteiger partial charge in [-0.1, -0.05) is 12.1 Å². The predicted molar refractivity (Wildman–Crippen MR) is 133 cm³/mol. The van der Waals surface area contributed by atoms with E-state index in [0.717, 1.165) is 0 Å². The Bertz CT molecular complexity index is 1250. The number of nitrogens with zero attached hydrogens (tertiary/aromatic N) is 4. The van der Waals surface area contributed by atoms with Gasteiger partial charge in [0.25, 0.3) is 5.91 Å². The summed E-state index contributed by atoms with van der Waals surface area (Å²) in [5.41, 5.74) is 0.530. The van der Waals surface area contributed by atoms with Crippen LogP contribution in [0.4, 0.5) is 24.9 Å². The molecule has 192 valence electrons. The fourth-order valence-electron chi connectivity index (χ4n) is 3.03. The van der Waals surface area contributed by atoms with E-state index in [9.17, 15) is 18.8 Å². The number of benzene rings is 1. The number of amides is 4. The Labute approximate surface area is 211 Å². The molecule has 13 heteroatoms. The van der Waals surface area contributed by atoms with Gasteiger partial charge >= 0.3 is 12.1 Å². The zero-order valence-corrected chi connectivity index (χ0v) is 21.4. The Morgan fingerprint density at radius 1 is 1.19 bits per heavy atom. The van der Waals surface area contributed by atoms with Gasteiger partial charge in [0.2, 0.25) is 5.82 Å². The van der Waals surface area contributed by atoms with Crippen LogP contribution < -0.4 is 16.0 Å². The number of ether oxygens (including phenoxy) is 1. The number of halogens is 1. The van der Waals surface area contributed by atoms with Gasteiger partial charge in [-0.25, -0.2) is 23.9 Å². The summed E-state index contributed by atoms with van der Waals surface area (Å²) in [5.74, 6) is -0.453. The number of aromatic nitrogens is 3. The molecular weight excluding hydrogens is 489 g/mol. The van der Waals surface area contributed by atoms with E-state index in [1.807, 2.05) is 0 Å². The quantitative estimate of drug-likeness (QED) is 0.435. The molecule has 0 saturated heterocycles. The molecule has 1 aromatic carbocycles. The summed E-state index contributed by atoms with van der Waals surface area (Å²) in [4.78, 5) is 46.9. The van der Waals surface area contributed by atoms with Crippen molar-refractivity contribution in [2.75, 3.05) is 17.7 Å². The minimum Gasteiger partial charge on any atom is -0.444 e. The monoisotopic (exact) mass is 517 g/mol. The fraction of sp³-hybridized carbons (Fsp3) is 0.348. The number of thiazole rings is 1. The Morgan fingerprint density at radius 3 is 2.64 bits per heavy atom. The highest BCUT2D eigenvalue weighted by Gasteiger charge is 2.22. The molecule has 3 aromatic rings. The fourth-order valence-corrected chi connectivity index (χ4v) is 3.72. The molecule has 0 radical (unpaired) electrons. The molecule has 36 heavy (non-hydrogen) atoms. The highest BCUT2D eigenvalue weighted by atomic mass is 32.1. The highest BCUT2D eigenvalue weighted by molar-refractivity contribution is 7.13. The van der Waals surface area contributed by atoms with Crippen molar-refractivity contribution in [2.45, 2.75) is 39.5 Å². The Balaban J connectivity index is 1.53. The van der Waals surface area contributed by atoms with Crippen LogP contribution >= 0.6 is 11.3 Å². The normalized spacial score (nSPS) is 11.1. The van der Waals surface area contributed by atoms with Crippen LogP contribution in [-0.4, -0.2) is 50.1 Å². The Morgan fingerprint density at radius 2 is 1.94 bits per heavy atom. The highest BCUT2D eigenvalue weighted by Crippen LogP contribution is 2.18. The van der Waals surface area contributed by atoms with E-state index in [1.165, 1.54) is 39.1 Å². The van der Waals surface area contributed by atoms with E-state index in [0.29, 0.717) is 16.4 Å². The predicted octanol–water partition coefficient (Wildman–Crippen LogP) is 3.96. The Kier molecular flexibility index (Phi) is 8.25. The van der Waals surface area contributed by atoms with E-state index < -0.39 is 17.7 Å². The van der Waals surface area contributed by atoms with Crippen LogP contribution in [0.2, 0.25) is 0 Å².